The number of nitrogens with one attached hydrogen (secondary N) is 2. The van der Waals surface area contributed by atoms with E-state index in [-0.39, 0.29) is 24.2 Å². The van der Waals surface area contributed by atoms with Crippen molar-refractivity contribution in [1.29, 1.82) is 5.26 Å². The molecule has 10 nitrogen and oxygen atoms in total. The van der Waals surface area contributed by atoms with Gasteiger partial charge in [-0.05, 0) is 38.2 Å². The number of halogens is 1. The van der Waals surface area contributed by atoms with Crippen molar-refractivity contribution in [1.82, 2.24) is 19.7 Å². The number of nitrogens with zero attached hydrogens (tertiary/aromatic N) is 5. The Morgan fingerprint density at radius 1 is 1.24 bits per heavy atom. The average molecular weight is 526 g/mol. The second kappa shape index (κ2) is 11.6. The van der Waals surface area contributed by atoms with Crippen molar-refractivity contribution in [3.8, 4) is 6.07 Å². The second-order valence-electron chi connectivity index (χ2n) is 9.66. The Labute approximate surface area is 221 Å². The third-order valence-electron chi connectivity index (χ3n) is 6.85. The molecule has 0 saturated carbocycles. The summed E-state index contributed by atoms with van der Waals surface area (Å²) in [4.78, 5) is 51.7. The van der Waals surface area contributed by atoms with Gasteiger partial charge in [-0.2, -0.15) is 5.26 Å². The average Bonchev–Trinajstić information content (AvgIpc) is 3.52. The van der Waals surface area contributed by atoms with E-state index in [1.807, 2.05) is 6.07 Å². The summed E-state index contributed by atoms with van der Waals surface area (Å²) in [5, 5.41) is 14.4. The van der Waals surface area contributed by atoms with Gasteiger partial charge in [0.2, 0.25) is 17.7 Å². The van der Waals surface area contributed by atoms with Crippen molar-refractivity contribution in [2.24, 2.45) is 10.9 Å². The molecule has 0 radical (unpaired) electrons. The molecular formula is C26H32ClN7O3. The molecule has 0 spiro atoms. The van der Waals surface area contributed by atoms with Gasteiger partial charge >= 0.3 is 0 Å². The molecular weight excluding hydrogens is 494 g/mol. The molecule has 3 heterocycles. The number of likely N-dealkylation sites (tertiary alicyclic amines) is 2. The summed E-state index contributed by atoms with van der Waals surface area (Å²) in [6, 6.07) is 6.69. The minimum atomic E-state index is -1.24. The molecule has 0 aliphatic carbocycles. The lowest BCUT2D eigenvalue weighted by Gasteiger charge is -2.26. The molecule has 37 heavy (non-hydrogen) atoms. The maximum atomic E-state index is 13.5. The predicted octanol–water partition coefficient (Wildman–Crippen LogP) is 2.86. The van der Waals surface area contributed by atoms with Crippen LogP contribution in [0.3, 0.4) is 0 Å². The molecule has 2 atom stereocenters. The number of carbonyl (C=O) groups excluding carboxylic acids is 3. The molecule has 2 fully saturated rings. The van der Waals surface area contributed by atoms with Crippen LogP contribution in [0, 0.1) is 17.2 Å². The van der Waals surface area contributed by atoms with Crippen LogP contribution in [0.25, 0.3) is 10.9 Å². The number of aromatic amines is 1. The van der Waals surface area contributed by atoms with E-state index in [0.717, 1.165) is 44.2 Å². The van der Waals surface area contributed by atoms with Crippen LogP contribution in [-0.2, 0) is 14.4 Å². The van der Waals surface area contributed by atoms with Crippen molar-refractivity contribution in [3.05, 3.63) is 29.4 Å². The maximum Gasteiger partial charge on any atom is 0.247 e. The van der Waals surface area contributed by atoms with E-state index in [4.69, 9.17) is 11.6 Å². The zero-order chi connectivity index (χ0) is 26.5. The first-order chi connectivity index (χ1) is 17.8. The number of H-pyrrole nitrogens is 1. The third kappa shape index (κ3) is 5.88. The van der Waals surface area contributed by atoms with Gasteiger partial charge in [0.25, 0.3) is 0 Å². The Balaban J connectivity index is 1.66. The number of para-hydroxylation sites is 1. The van der Waals surface area contributed by atoms with Gasteiger partial charge in [-0.3, -0.25) is 19.4 Å². The van der Waals surface area contributed by atoms with E-state index in [1.54, 1.807) is 42.2 Å². The summed E-state index contributed by atoms with van der Waals surface area (Å²) < 4.78 is 0. The van der Waals surface area contributed by atoms with E-state index >= 15 is 0 Å². The fourth-order valence-electron chi connectivity index (χ4n) is 4.79. The highest BCUT2D eigenvalue weighted by Crippen LogP contribution is 2.29. The topological polar surface area (TPSA) is 125 Å². The van der Waals surface area contributed by atoms with Crippen LogP contribution in [0.4, 0.5) is 5.69 Å². The van der Waals surface area contributed by atoms with Crippen LogP contribution in [0.1, 0.15) is 32.1 Å². The van der Waals surface area contributed by atoms with Gasteiger partial charge in [0.1, 0.15) is 11.9 Å². The molecule has 2 N–H and O–H groups in total. The number of fused-ring (bicyclic) bond motifs is 1. The summed E-state index contributed by atoms with van der Waals surface area (Å²) in [5.41, 5.74) is 1.27. The maximum absolute atomic E-state index is 13.5. The minimum Gasteiger partial charge on any atom is -0.358 e. The highest BCUT2D eigenvalue weighted by Gasteiger charge is 2.33. The van der Waals surface area contributed by atoms with Crippen molar-refractivity contribution in [2.45, 2.75) is 38.1 Å². The van der Waals surface area contributed by atoms with Crippen LogP contribution in [-0.4, -0.2) is 89.6 Å². The van der Waals surface area contributed by atoms with Crippen LogP contribution < -0.4 is 5.32 Å². The molecule has 0 bridgehead atoms. The highest BCUT2D eigenvalue weighted by molar-refractivity contribution is 6.36. The number of rotatable bonds is 6. The zero-order valence-electron chi connectivity index (χ0n) is 21.2. The van der Waals surface area contributed by atoms with Crippen molar-refractivity contribution >= 4 is 51.7 Å². The number of hydrogen-bond donors (Lipinski definition) is 2. The molecule has 1 aromatic carbocycles. The SMILES string of the molecule is CN(C)C(=O)C(C#N)C(=N[C@H]1CCCCN(CC(=O)N2CCCC2)C1=O)Nc1cccc2c(Cl)c[nH]c12. The number of carbonyl (C=O) groups is 3. The number of anilines is 1. The first kappa shape index (κ1) is 26.5. The molecule has 4 rings (SSSR count). The van der Waals surface area contributed by atoms with E-state index in [2.05, 4.69) is 21.4 Å². The van der Waals surface area contributed by atoms with E-state index in [1.165, 1.54) is 4.90 Å². The zero-order valence-corrected chi connectivity index (χ0v) is 21.9. The number of benzene rings is 1. The molecule has 2 aromatic rings. The summed E-state index contributed by atoms with van der Waals surface area (Å²) >= 11 is 6.28. The first-order valence-corrected chi connectivity index (χ1v) is 13.0. The molecule has 1 aromatic heterocycles. The summed E-state index contributed by atoms with van der Waals surface area (Å²) in [6.45, 7) is 1.95. The Kier molecular flexibility index (Phi) is 8.34. The van der Waals surface area contributed by atoms with Gasteiger partial charge in [0.15, 0.2) is 5.92 Å². The normalized spacial score (nSPS) is 19.5. The van der Waals surface area contributed by atoms with Crippen molar-refractivity contribution < 1.29 is 14.4 Å². The quantitative estimate of drug-likeness (QED) is 0.443. The lowest BCUT2D eigenvalue weighted by molar-refractivity contribution is -0.140. The summed E-state index contributed by atoms with van der Waals surface area (Å²) in [7, 11) is 3.14. The lowest BCUT2D eigenvalue weighted by atomic mass is 10.1. The smallest absolute Gasteiger partial charge is 0.247 e. The number of aliphatic imine (C=N–C) groups is 1. The highest BCUT2D eigenvalue weighted by atomic mass is 35.5. The number of hydrogen-bond acceptors (Lipinski definition) is 5. The van der Waals surface area contributed by atoms with Crippen LogP contribution in [0.5, 0.6) is 0 Å². The fraction of sp³-hybridized carbons (Fsp3) is 0.500. The number of amidine groups is 1. The van der Waals surface area contributed by atoms with E-state index < -0.39 is 17.9 Å². The van der Waals surface area contributed by atoms with Crippen LogP contribution >= 0.6 is 11.6 Å². The van der Waals surface area contributed by atoms with Crippen LogP contribution in [0.2, 0.25) is 5.02 Å². The molecule has 2 aliphatic rings. The van der Waals surface area contributed by atoms with Gasteiger partial charge in [0, 0.05) is 45.3 Å². The molecule has 2 aliphatic heterocycles. The molecule has 196 valence electrons. The number of amides is 3. The third-order valence-corrected chi connectivity index (χ3v) is 7.16. The van der Waals surface area contributed by atoms with Gasteiger partial charge < -0.3 is 25.0 Å². The Bertz CT molecular complexity index is 1240. The minimum absolute atomic E-state index is 0.0200. The fourth-order valence-corrected chi connectivity index (χ4v) is 5.00. The predicted molar refractivity (Wildman–Crippen MR) is 142 cm³/mol. The molecule has 11 heteroatoms. The molecule has 3 amide bonds. The summed E-state index contributed by atoms with van der Waals surface area (Å²) in [5.74, 6) is -1.93. The largest absolute Gasteiger partial charge is 0.358 e. The van der Waals surface area contributed by atoms with Crippen molar-refractivity contribution in [2.75, 3.05) is 45.6 Å². The Hall–Kier alpha value is -3.58. The Morgan fingerprint density at radius 3 is 2.68 bits per heavy atom. The standard InChI is InChI=1S/C26H32ClN7O3/c1-32(2)25(36)18(14-28)24(30-20-10-7-8-17-19(27)15-29-23(17)20)31-21-9-3-4-13-34(26(21)37)16-22(35)33-11-5-6-12-33/h7-8,10,15,18,21,29H,3-6,9,11-13,16H2,1-2H3,(H,30,31)/t18?,21-/m0/s1. The van der Waals surface area contributed by atoms with Crippen molar-refractivity contribution in [3.63, 3.8) is 0 Å². The molecule has 2 saturated heterocycles. The van der Waals surface area contributed by atoms with Gasteiger partial charge in [-0.15, -0.1) is 0 Å². The number of nitriles is 1. The first-order valence-electron chi connectivity index (χ1n) is 12.6. The van der Waals surface area contributed by atoms with E-state index in [9.17, 15) is 19.6 Å². The van der Waals surface area contributed by atoms with Gasteiger partial charge in [-0.25, -0.2) is 0 Å². The Morgan fingerprint density at radius 2 is 1.97 bits per heavy atom. The van der Waals surface area contributed by atoms with Gasteiger partial charge in [-0.1, -0.05) is 23.7 Å². The second-order valence-corrected chi connectivity index (χ2v) is 10.1. The monoisotopic (exact) mass is 525 g/mol. The van der Waals surface area contributed by atoms with Crippen LogP contribution in [0.15, 0.2) is 29.4 Å². The summed E-state index contributed by atoms with van der Waals surface area (Å²) in [6.07, 6.45) is 5.58. The molecule has 1 unspecified atom stereocenters. The van der Waals surface area contributed by atoms with E-state index in [0.29, 0.717) is 29.2 Å². The van der Waals surface area contributed by atoms with Gasteiger partial charge in [0.05, 0.1) is 28.8 Å². The number of aromatic nitrogens is 1. The lowest BCUT2D eigenvalue weighted by Crippen LogP contribution is -2.45.